The van der Waals surface area contributed by atoms with E-state index in [9.17, 15) is 14.7 Å². The van der Waals surface area contributed by atoms with Gasteiger partial charge in [-0.15, -0.1) is 0 Å². The number of methoxy groups -OCH3 is 2. The van der Waals surface area contributed by atoms with Gasteiger partial charge in [0.15, 0.2) is 11.4 Å². The Morgan fingerprint density at radius 3 is 2.14 bits per heavy atom. The Balaban J connectivity index is 2.30. The van der Waals surface area contributed by atoms with E-state index in [0.29, 0.717) is 22.8 Å². The molecule has 0 saturated carbocycles. The predicted molar refractivity (Wildman–Crippen MR) is 111 cm³/mol. The first kappa shape index (κ1) is 22.0. The fraction of sp³-hybridized carbons (Fsp3) is 0.304. The van der Waals surface area contributed by atoms with Gasteiger partial charge in [-0.3, -0.25) is 4.79 Å². The summed E-state index contributed by atoms with van der Waals surface area (Å²) in [5.74, 6) is 0.293. The molecule has 2 aromatic rings. The maximum absolute atomic E-state index is 12.7. The van der Waals surface area contributed by atoms with Gasteiger partial charge in [-0.05, 0) is 80.8 Å². The summed E-state index contributed by atoms with van der Waals surface area (Å²) < 4.78 is 16.2. The lowest BCUT2D eigenvalue weighted by atomic mass is 10.0. The first-order valence-corrected chi connectivity index (χ1v) is 9.07. The average Bonchev–Trinajstić information content (AvgIpc) is 2.68. The largest absolute Gasteiger partial charge is 0.497 e. The molecule has 0 radical (unpaired) electrons. The number of allylic oxidation sites excluding steroid dienone is 1. The van der Waals surface area contributed by atoms with Crippen molar-refractivity contribution in [3.05, 3.63) is 58.7 Å². The fourth-order valence-corrected chi connectivity index (χ4v) is 2.81. The summed E-state index contributed by atoms with van der Waals surface area (Å²) in [4.78, 5) is 24.0. The van der Waals surface area contributed by atoms with E-state index in [4.69, 9.17) is 14.2 Å². The van der Waals surface area contributed by atoms with Crippen molar-refractivity contribution >= 4 is 17.8 Å². The molecule has 0 saturated heterocycles. The van der Waals surface area contributed by atoms with Crippen LogP contribution in [0.2, 0.25) is 0 Å². The Labute approximate surface area is 170 Å². The summed E-state index contributed by atoms with van der Waals surface area (Å²) in [5, 5.41) is 9.28. The third-order valence-electron chi connectivity index (χ3n) is 4.45. The minimum absolute atomic E-state index is 0.219. The second-order valence-electron chi connectivity index (χ2n) is 7.17. The zero-order valence-electron chi connectivity index (χ0n) is 17.5. The van der Waals surface area contributed by atoms with E-state index in [0.717, 1.165) is 16.7 Å². The first-order chi connectivity index (χ1) is 13.6. The molecule has 0 aliphatic rings. The van der Waals surface area contributed by atoms with Gasteiger partial charge >= 0.3 is 5.97 Å². The minimum Gasteiger partial charge on any atom is -0.497 e. The summed E-state index contributed by atoms with van der Waals surface area (Å²) >= 11 is 0. The molecule has 0 fully saturated rings. The van der Waals surface area contributed by atoms with Crippen molar-refractivity contribution in [3.8, 4) is 17.2 Å². The number of hydrogen-bond donors (Lipinski definition) is 1. The second-order valence-corrected chi connectivity index (χ2v) is 7.17. The number of ketones is 1. The number of carbonyl (C=O) groups excluding carboxylic acids is 1. The molecule has 0 amide bonds. The molecule has 0 atom stereocenters. The van der Waals surface area contributed by atoms with Crippen LogP contribution in [0.4, 0.5) is 0 Å². The number of carboxylic acid groups (broad SMARTS) is 1. The first-order valence-electron chi connectivity index (χ1n) is 9.07. The van der Waals surface area contributed by atoms with Crippen LogP contribution in [0.3, 0.4) is 0 Å². The molecule has 6 nitrogen and oxygen atoms in total. The summed E-state index contributed by atoms with van der Waals surface area (Å²) in [6.45, 7) is 6.68. The number of carbonyl (C=O) groups is 2. The zero-order valence-corrected chi connectivity index (χ0v) is 17.5. The smallest absolute Gasteiger partial charge is 0.347 e. The van der Waals surface area contributed by atoms with E-state index in [-0.39, 0.29) is 5.78 Å². The number of benzene rings is 2. The van der Waals surface area contributed by atoms with Crippen LogP contribution in [0.25, 0.3) is 6.08 Å². The van der Waals surface area contributed by atoms with Crippen molar-refractivity contribution in [2.45, 2.75) is 33.3 Å². The van der Waals surface area contributed by atoms with E-state index in [1.807, 2.05) is 26.0 Å². The Bertz CT molecular complexity index is 933. The van der Waals surface area contributed by atoms with Gasteiger partial charge in [0.25, 0.3) is 0 Å². The van der Waals surface area contributed by atoms with Gasteiger partial charge in [0.05, 0.1) is 19.8 Å². The van der Waals surface area contributed by atoms with Crippen molar-refractivity contribution in [2.75, 3.05) is 14.2 Å². The van der Waals surface area contributed by atoms with Crippen LogP contribution in [0.15, 0.2) is 36.4 Å². The van der Waals surface area contributed by atoms with Gasteiger partial charge in [0.2, 0.25) is 0 Å². The van der Waals surface area contributed by atoms with Crippen LogP contribution >= 0.6 is 0 Å². The van der Waals surface area contributed by atoms with Crippen molar-refractivity contribution in [1.82, 2.24) is 0 Å². The predicted octanol–water partition coefficient (Wildman–Crippen LogP) is 4.46. The van der Waals surface area contributed by atoms with Gasteiger partial charge in [0.1, 0.15) is 17.2 Å². The highest BCUT2D eigenvalue weighted by Crippen LogP contribution is 2.30. The van der Waals surface area contributed by atoms with E-state index in [1.165, 1.54) is 34.1 Å². The molecule has 0 bridgehead atoms. The lowest BCUT2D eigenvalue weighted by Gasteiger charge is -2.24. The third-order valence-corrected chi connectivity index (χ3v) is 4.45. The van der Waals surface area contributed by atoms with E-state index >= 15 is 0 Å². The van der Waals surface area contributed by atoms with Crippen LogP contribution in [-0.4, -0.2) is 36.7 Å². The molecular weight excluding hydrogens is 372 g/mol. The van der Waals surface area contributed by atoms with E-state index in [1.54, 1.807) is 24.3 Å². The number of rotatable bonds is 8. The topological polar surface area (TPSA) is 82.1 Å². The Kier molecular flexibility index (Phi) is 6.69. The van der Waals surface area contributed by atoms with Gasteiger partial charge in [-0.1, -0.05) is 6.08 Å². The quantitative estimate of drug-likeness (QED) is 0.522. The van der Waals surface area contributed by atoms with Gasteiger partial charge in [0, 0.05) is 0 Å². The Hall–Kier alpha value is -3.28. The number of aliphatic carboxylic acids is 1. The van der Waals surface area contributed by atoms with Gasteiger partial charge < -0.3 is 19.3 Å². The number of carboxylic acids is 1. The van der Waals surface area contributed by atoms with Crippen LogP contribution in [-0.2, 0) is 4.79 Å². The van der Waals surface area contributed by atoms with Gasteiger partial charge in [-0.25, -0.2) is 4.79 Å². The number of hydrogen-bond acceptors (Lipinski definition) is 5. The third kappa shape index (κ3) is 5.16. The highest BCUT2D eigenvalue weighted by molar-refractivity contribution is 6.08. The SMILES string of the molecule is COc1ccc(OC)c(C(=O)/C=C/c2cc(C)c(OC(C)(C)C(=O)O)c(C)c2)c1. The van der Waals surface area contributed by atoms with Crippen LogP contribution in [0.5, 0.6) is 17.2 Å². The molecular formula is C23H26O6. The normalized spacial score (nSPS) is 11.4. The van der Waals surface area contributed by atoms with Crippen LogP contribution < -0.4 is 14.2 Å². The van der Waals surface area contributed by atoms with E-state index in [2.05, 4.69) is 0 Å². The molecule has 0 unspecified atom stereocenters. The minimum atomic E-state index is -1.34. The van der Waals surface area contributed by atoms with Crippen molar-refractivity contribution in [1.29, 1.82) is 0 Å². The molecule has 0 heterocycles. The highest BCUT2D eigenvalue weighted by atomic mass is 16.5. The van der Waals surface area contributed by atoms with Crippen LogP contribution in [0.1, 0.15) is 40.9 Å². The molecule has 0 aliphatic carbocycles. The number of aryl methyl sites for hydroxylation is 2. The van der Waals surface area contributed by atoms with Crippen molar-refractivity contribution in [3.63, 3.8) is 0 Å². The zero-order chi connectivity index (χ0) is 21.8. The lowest BCUT2D eigenvalue weighted by Crippen LogP contribution is -2.38. The number of ether oxygens (including phenoxy) is 3. The maximum atomic E-state index is 12.7. The Morgan fingerprint density at radius 2 is 1.62 bits per heavy atom. The van der Waals surface area contributed by atoms with Gasteiger partial charge in [-0.2, -0.15) is 0 Å². The Morgan fingerprint density at radius 1 is 1.00 bits per heavy atom. The second kappa shape index (κ2) is 8.82. The molecule has 0 spiro atoms. The van der Waals surface area contributed by atoms with E-state index < -0.39 is 11.6 Å². The highest BCUT2D eigenvalue weighted by Gasteiger charge is 2.30. The molecule has 0 aromatic heterocycles. The standard InChI is InChI=1S/C23H26O6/c1-14-11-16(12-15(2)21(14)29-23(3,4)22(25)26)7-9-19(24)18-13-17(27-5)8-10-20(18)28-6/h7-13H,1-6H3,(H,25,26)/b9-7+. The summed E-state index contributed by atoms with van der Waals surface area (Å²) in [6, 6.07) is 8.72. The van der Waals surface area contributed by atoms with Crippen LogP contribution in [0, 0.1) is 13.8 Å². The van der Waals surface area contributed by atoms with Crippen molar-refractivity contribution < 1.29 is 28.9 Å². The lowest BCUT2D eigenvalue weighted by molar-refractivity contribution is -0.152. The molecule has 29 heavy (non-hydrogen) atoms. The summed E-state index contributed by atoms with van der Waals surface area (Å²) in [6.07, 6.45) is 3.17. The monoisotopic (exact) mass is 398 g/mol. The molecule has 2 rings (SSSR count). The molecule has 154 valence electrons. The fourth-order valence-electron chi connectivity index (χ4n) is 2.81. The summed E-state index contributed by atoms with van der Waals surface area (Å²) in [7, 11) is 3.04. The average molecular weight is 398 g/mol. The summed E-state index contributed by atoms with van der Waals surface area (Å²) in [5.41, 5.74) is 1.43. The molecule has 2 aromatic carbocycles. The maximum Gasteiger partial charge on any atom is 0.347 e. The molecule has 0 aliphatic heterocycles. The molecule has 1 N–H and O–H groups in total. The van der Waals surface area contributed by atoms with Crippen molar-refractivity contribution in [2.24, 2.45) is 0 Å². The molecule has 6 heteroatoms.